The Labute approximate surface area is 133 Å². The van der Waals surface area contributed by atoms with Crippen molar-refractivity contribution in [2.75, 3.05) is 0 Å². The van der Waals surface area contributed by atoms with Crippen molar-refractivity contribution in [1.82, 2.24) is 10.3 Å². The smallest absolute Gasteiger partial charge is 0.290 e. The van der Waals surface area contributed by atoms with Gasteiger partial charge in [0.2, 0.25) is 0 Å². The number of furan rings is 1. The van der Waals surface area contributed by atoms with Crippen LogP contribution in [0.5, 0.6) is 0 Å². The molecular weight excluding hydrogens is 320 g/mol. The summed E-state index contributed by atoms with van der Waals surface area (Å²) in [5.41, 5.74) is 2.66. The second kappa shape index (κ2) is 5.11. The average molecular weight is 328 g/mol. The van der Waals surface area contributed by atoms with E-state index >= 15 is 0 Å². The zero-order chi connectivity index (χ0) is 15.1. The Balaban J connectivity index is 1.82. The largest absolute Gasteiger partial charge is 0.456 e. The van der Waals surface area contributed by atoms with Crippen molar-refractivity contribution >= 4 is 51.3 Å². The number of aromatic nitrogens is 1. The van der Waals surface area contributed by atoms with Gasteiger partial charge in [0.1, 0.15) is 11.3 Å². The first-order valence-corrected chi connectivity index (χ1v) is 8.11. The molecule has 0 aliphatic carbocycles. The molecule has 3 aromatic rings. The van der Waals surface area contributed by atoms with Crippen LogP contribution >= 0.6 is 23.1 Å². The van der Waals surface area contributed by atoms with Gasteiger partial charge in [0, 0.05) is 29.4 Å². The van der Waals surface area contributed by atoms with E-state index in [2.05, 4.69) is 10.3 Å². The van der Waals surface area contributed by atoms with Gasteiger partial charge in [-0.05, 0) is 40.2 Å². The normalized spacial score (nSPS) is 16.6. The van der Waals surface area contributed by atoms with Crippen LogP contribution in [0.1, 0.15) is 5.76 Å². The molecule has 0 bridgehead atoms. The quantitative estimate of drug-likeness (QED) is 0.723. The summed E-state index contributed by atoms with van der Waals surface area (Å²) in [6.45, 7) is 0. The van der Waals surface area contributed by atoms with E-state index < -0.39 is 5.91 Å². The molecule has 22 heavy (non-hydrogen) atoms. The third-order valence-corrected chi connectivity index (χ3v) is 4.68. The van der Waals surface area contributed by atoms with Gasteiger partial charge in [-0.15, -0.1) is 0 Å². The molecule has 5 nitrogen and oxygen atoms in total. The minimum absolute atomic E-state index is 0.328. The molecule has 108 valence electrons. The summed E-state index contributed by atoms with van der Waals surface area (Å²) in [6.07, 6.45) is 5.04. The molecule has 1 aliphatic rings. The molecule has 0 atom stereocenters. The van der Waals surface area contributed by atoms with E-state index in [1.165, 1.54) is 0 Å². The van der Waals surface area contributed by atoms with E-state index in [0.29, 0.717) is 10.7 Å². The van der Waals surface area contributed by atoms with E-state index in [-0.39, 0.29) is 5.24 Å². The van der Waals surface area contributed by atoms with Crippen LogP contribution in [0.25, 0.3) is 28.2 Å². The zero-order valence-electron chi connectivity index (χ0n) is 11.0. The van der Waals surface area contributed by atoms with Crippen LogP contribution in [0.15, 0.2) is 44.6 Å². The van der Waals surface area contributed by atoms with Crippen LogP contribution in [0.3, 0.4) is 0 Å². The first-order chi connectivity index (χ1) is 10.7. The van der Waals surface area contributed by atoms with Crippen molar-refractivity contribution < 1.29 is 14.0 Å². The first-order valence-electron chi connectivity index (χ1n) is 6.36. The minimum atomic E-state index is -0.397. The molecular formula is C15H8N2O3S2. The molecule has 7 heteroatoms. The Morgan fingerprint density at radius 1 is 1.27 bits per heavy atom. The van der Waals surface area contributed by atoms with Crippen LogP contribution in [-0.2, 0) is 4.79 Å². The summed E-state index contributed by atoms with van der Waals surface area (Å²) in [5.74, 6) is 0.124. The Bertz CT molecular complexity index is 926. The molecule has 1 N–H and O–H groups in total. The lowest BCUT2D eigenvalue weighted by Crippen LogP contribution is -2.17. The predicted octanol–water partition coefficient (Wildman–Crippen LogP) is 3.88. The van der Waals surface area contributed by atoms with E-state index in [9.17, 15) is 9.59 Å². The van der Waals surface area contributed by atoms with E-state index in [0.717, 1.165) is 33.9 Å². The van der Waals surface area contributed by atoms with Crippen molar-refractivity contribution in [1.29, 1.82) is 0 Å². The molecule has 4 heterocycles. The second-order valence-electron chi connectivity index (χ2n) is 4.62. The SMILES string of the molecule is O=C1NC(=O)C(=Cc2cc3cncc(-c4ccsc4)c3o2)S1. The summed E-state index contributed by atoms with van der Waals surface area (Å²) >= 11 is 2.47. The number of hydrogen-bond donors (Lipinski definition) is 1. The van der Waals surface area contributed by atoms with Crippen LogP contribution in [0.4, 0.5) is 4.79 Å². The number of nitrogens with zero attached hydrogens (tertiary/aromatic N) is 1. The Morgan fingerprint density at radius 3 is 2.91 bits per heavy atom. The monoisotopic (exact) mass is 328 g/mol. The van der Waals surface area contributed by atoms with E-state index in [4.69, 9.17) is 4.42 Å². The van der Waals surface area contributed by atoms with Gasteiger partial charge < -0.3 is 4.42 Å². The van der Waals surface area contributed by atoms with Crippen molar-refractivity contribution in [3.05, 3.63) is 46.0 Å². The summed E-state index contributed by atoms with van der Waals surface area (Å²) in [5, 5.41) is 6.72. The van der Waals surface area contributed by atoms with Crippen LogP contribution in [0.2, 0.25) is 0 Å². The lowest BCUT2D eigenvalue weighted by Gasteiger charge is -1.97. The summed E-state index contributed by atoms with van der Waals surface area (Å²) < 4.78 is 5.85. The number of pyridine rings is 1. The first kappa shape index (κ1) is 13.3. The number of thiophene rings is 1. The third kappa shape index (κ3) is 2.24. The highest BCUT2D eigenvalue weighted by Crippen LogP contribution is 2.33. The Morgan fingerprint density at radius 2 is 2.18 bits per heavy atom. The van der Waals surface area contributed by atoms with Crippen molar-refractivity contribution in [3.63, 3.8) is 0 Å². The number of thioether (sulfide) groups is 1. The number of rotatable bonds is 2. The van der Waals surface area contributed by atoms with Crippen LogP contribution in [-0.4, -0.2) is 16.1 Å². The molecule has 4 rings (SSSR count). The molecule has 0 aromatic carbocycles. The lowest BCUT2D eigenvalue weighted by atomic mass is 10.1. The van der Waals surface area contributed by atoms with E-state index in [1.54, 1.807) is 29.8 Å². The molecule has 0 radical (unpaired) electrons. The van der Waals surface area contributed by atoms with Crippen LogP contribution < -0.4 is 5.32 Å². The molecule has 1 saturated heterocycles. The van der Waals surface area contributed by atoms with Gasteiger partial charge in [0.15, 0.2) is 0 Å². The predicted molar refractivity (Wildman–Crippen MR) is 86.4 cm³/mol. The fraction of sp³-hybridized carbons (Fsp3) is 0. The summed E-state index contributed by atoms with van der Waals surface area (Å²) in [7, 11) is 0. The highest BCUT2D eigenvalue weighted by atomic mass is 32.2. The lowest BCUT2D eigenvalue weighted by molar-refractivity contribution is -0.115. The van der Waals surface area contributed by atoms with Gasteiger partial charge >= 0.3 is 0 Å². The van der Waals surface area contributed by atoms with Gasteiger partial charge in [-0.2, -0.15) is 11.3 Å². The molecule has 0 spiro atoms. The maximum atomic E-state index is 11.6. The highest BCUT2D eigenvalue weighted by molar-refractivity contribution is 8.18. The van der Waals surface area contributed by atoms with Gasteiger partial charge in [-0.1, -0.05) is 0 Å². The second-order valence-corrected chi connectivity index (χ2v) is 6.41. The molecule has 2 amide bonds. The standard InChI is InChI=1S/C15H8N2O3S2/c18-14-12(22-15(19)17-14)4-10-3-9-5-16-6-11(13(9)20-10)8-1-2-21-7-8/h1-7H,(H,17,18,19). The molecule has 0 saturated carbocycles. The number of carbonyl (C=O) groups excluding carboxylic acids is 2. The number of carbonyl (C=O) groups is 2. The number of amides is 2. The highest BCUT2D eigenvalue weighted by Gasteiger charge is 2.25. The van der Waals surface area contributed by atoms with Crippen molar-refractivity contribution in [2.24, 2.45) is 0 Å². The maximum absolute atomic E-state index is 11.6. The molecule has 3 aromatic heterocycles. The maximum Gasteiger partial charge on any atom is 0.290 e. The molecule has 1 fully saturated rings. The van der Waals surface area contributed by atoms with Crippen molar-refractivity contribution in [2.45, 2.75) is 0 Å². The van der Waals surface area contributed by atoms with Gasteiger partial charge in [0.05, 0.1) is 4.91 Å². The summed E-state index contributed by atoms with van der Waals surface area (Å²) in [4.78, 5) is 27.3. The number of nitrogens with one attached hydrogen (secondary N) is 1. The van der Waals surface area contributed by atoms with Gasteiger partial charge in [0.25, 0.3) is 11.1 Å². The number of hydrogen-bond acceptors (Lipinski definition) is 6. The summed E-state index contributed by atoms with van der Waals surface area (Å²) in [6, 6.07) is 3.81. The van der Waals surface area contributed by atoms with Gasteiger partial charge in [-0.25, -0.2) is 0 Å². The number of fused-ring (bicyclic) bond motifs is 1. The molecule has 1 aliphatic heterocycles. The fourth-order valence-corrected chi connectivity index (χ4v) is 3.55. The van der Waals surface area contributed by atoms with E-state index in [1.807, 2.05) is 22.9 Å². The molecule has 0 unspecified atom stereocenters. The zero-order valence-corrected chi connectivity index (χ0v) is 12.7. The Hall–Kier alpha value is -2.38. The number of imide groups is 1. The third-order valence-electron chi connectivity index (χ3n) is 3.19. The Kier molecular flexibility index (Phi) is 3.09. The van der Waals surface area contributed by atoms with Crippen molar-refractivity contribution in [3.8, 4) is 11.1 Å². The fourth-order valence-electron chi connectivity index (χ4n) is 2.23. The van der Waals surface area contributed by atoms with Gasteiger partial charge in [-0.3, -0.25) is 19.9 Å². The van der Waals surface area contributed by atoms with Crippen LogP contribution in [0, 0.1) is 0 Å². The average Bonchev–Trinajstić information content (AvgIpc) is 3.19. The topological polar surface area (TPSA) is 72.2 Å². The minimum Gasteiger partial charge on any atom is -0.456 e.